The molecule has 1 aromatic heterocycles. The SMILES string of the molecule is NCc1sc2ccccc2c1COc1ccc(F)cc1. The van der Waals surface area contributed by atoms with Crippen molar-refractivity contribution in [2.24, 2.45) is 5.73 Å². The monoisotopic (exact) mass is 287 g/mol. The van der Waals surface area contributed by atoms with Crippen molar-refractivity contribution in [3.8, 4) is 5.75 Å². The highest BCUT2D eigenvalue weighted by molar-refractivity contribution is 7.19. The van der Waals surface area contributed by atoms with Gasteiger partial charge in [-0.05, 0) is 35.7 Å². The Morgan fingerprint density at radius 3 is 2.55 bits per heavy atom. The summed E-state index contributed by atoms with van der Waals surface area (Å²) < 4.78 is 19.8. The maximum atomic E-state index is 12.9. The van der Waals surface area contributed by atoms with Crippen LogP contribution in [0.5, 0.6) is 5.75 Å². The molecule has 0 aliphatic heterocycles. The van der Waals surface area contributed by atoms with E-state index in [-0.39, 0.29) is 5.82 Å². The van der Waals surface area contributed by atoms with E-state index < -0.39 is 0 Å². The Morgan fingerprint density at radius 2 is 1.80 bits per heavy atom. The summed E-state index contributed by atoms with van der Waals surface area (Å²) in [7, 11) is 0. The van der Waals surface area contributed by atoms with Crippen LogP contribution in [0.25, 0.3) is 10.1 Å². The summed E-state index contributed by atoms with van der Waals surface area (Å²) in [6.45, 7) is 0.948. The van der Waals surface area contributed by atoms with Gasteiger partial charge in [0.2, 0.25) is 0 Å². The van der Waals surface area contributed by atoms with E-state index in [9.17, 15) is 4.39 Å². The highest BCUT2D eigenvalue weighted by atomic mass is 32.1. The van der Waals surface area contributed by atoms with E-state index in [1.54, 1.807) is 23.5 Å². The molecule has 4 heteroatoms. The zero-order valence-corrected chi connectivity index (χ0v) is 11.6. The summed E-state index contributed by atoms with van der Waals surface area (Å²) in [4.78, 5) is 1.13. The highest BCUT2D eigenvalue weighted by Gasteiger charge is 2.11. The van der Waals surface area contributed by atoms with Crippen molar-refractivity contribution in [2.75, 3.05) is 0 Å². The Balaban J connectivity index is 1.88. The minimum absolute atomic E-state index is 0.263. The molecule has 0 saturated heterocycles. The van der Waals surface area contributed by atoms with Crippen molar-refractivity contribution in [1.29, 1.82) is 0 Å². The molecule has 2 aromatic carbocycles. The number of rotatable bonds is 4. The fourth-order valence-corrected chi connectivity index (χ4v) is 3.25. The topological polar surface area (TPSA) is 35.2 Å². The molecule has 1 heterocycles. The van der Waals surface area contributed by atoms with Gasteiger partial charge in [-0.25, -0.2) is 4.39 Å². The minimum Gasteiger partial charge on any atom is -0.489 e. The summed E-state index contributed by atoms with van der Waals surface area (Å²) in [5.74, 6) is 0.394. The zero-order valence-electron chi connectivity index (χ0n) is 10.8. The normalized spacial score (nSPS) is 10.9. The number of thiophene rings is 1. The van der Waals surface area contributed by atoms with Gasteiger partial charge in [0.1, 0.15) is 18.2 Å². The number of ether oxygens (including phenoxy) is 1. The Bertz CT molecular complexity index is 721. The Morgan fingerprint density at radius 1 is 1.05 bits per heavy atom. The van der Waals surface area contributed by atoms with Crippen molar-refractivity contribution in [1.82, 2.24) is 0 Å². The third-order valence-corrected chi connectivity index (χ3v) is 4.40. The van der Waals surface area contributed by atoms with Gasteiger partial charge in [0.15, 0.2) is 0 Å². The van der Waals surface area contributed by atoms with Crippen molar-refractivity contribution in [3.63, 3.8) is 0 Å². The van der Waals surface area contributed by atoms with Crippen LogP contribution in [0.1, 0.15) is 10.4 Å². The Kier molecular flexibility index (Phi) is 3.67. The van der Waals surface area contributed by atoms with E-state index in [0.29, 0.717) is 18.9 Å². The standard InChI is InChI=1S/C16H14FNOS/c17-11-5-7-12(8-6-11)19-10-14-13-3-1-2-4-15(13)20-16(14)9-18/h1-8H,9-10,18H2. The van der Waals surface area contributed by atoms with Crippen LogP contribution in [-0.2, 0) is 13.2 Å². The lowest BCUT2D eigenvalue weighted by Crippen LogP contribution is -2.01. The average Bonchev–Trinajstić information content (AvgIpc) is 2.84. The molecule has 102 valence electrons. The van der Waals surface area contributed by atoms with E-state index in [4.69, 9.17) is 10.5 Å². The van der Waals surface area contributed by atoms with Crippen molar-refractivity contribution in [2.45, 2.75) is 13.2 Å². The van der Waals surface area contributed by atoms with Gasteiger partial charge in [0.05, 0.1) is 0 Å². The molecule has 0 saturated carbocycles. The number of hydrogen-bond donors (Lipinski definition) is 1. The molecule has 3 aromatic rings. The van der Waals surface area contributed by atoms with Gasteiger partial charge in [-0.2, -0.15) is 0 Å². The van der Waals surface area contributed by atoms with Crippen molar-refractivity contribution < 1.29 is 9.13 Å². The Labute approximate surface area is 120 Å². The maximum Gasteiger partial charge on any atom is 0.123 e. The summed E-state index contributed by atoms with van der Waals surface area (Å²) in [6, 6.07) is 14.2. The second kappa shape index (κ2) is 5.61. The molecule has 0 atom stereocenters. The first kappa shape index (κ1) is 13.1. The van der Waals surface area contributed by atoms with Crippen molar-refractivity contribution >= 4 is 21.4 Å². The van der Waals surface area contributed by atoms with Gasteiger partial charge in [-0.15, -0.1) is 11.3 Å². The average molecular weight is 287 g/mol. The molecular formula is C16H14FNOS. The van der Waals surface area contributed by atoms with Crippen LogP contribution in [0, 0.1) is 5.82 Å². The zero-order chi connectivity index (χ0) is 13.9. The van der Waals surface area contributed by atoms with Gasteiger partial charge in [-0.1, -0.05) is 18.2 Å². The molecule has 0 bridgehead atoms. The fourth-order valence-electron chi connectivity index (χ4n) is 2.16. The quantitative estimate of drug-likeness (QED) is 0.784. The lowest BCUT2D eigenvalue weighted by Gasteiger charge is -2.07. The number of benzene rings is 2. The van der Waals surface area contributed by atoms with E-state index in [0.717, 1.165) is 10.4 Å². The van der Waals surface area contributed by atoms with Crippen LogP contribution < -0.4 is 10.5 Å². The van der Waals surface area contributed by atoms with Gasteiger partial charge >= 0.3 is 0 Å². The number of fused-ring (bicyclic) bond motifs is 1. The highest BCUT2D eigenvalue weighted by Crippen LogP contribution is 2.31. The fraction of sp³-hybridized carbons (Fsp3) is 0.125. The summed E-state index contributed by atoms with van der Waals surface area (Å²) >= 11 is 1.70. The molecule has 2 N–H and O–H groups in total. The minimum atomic E-state index is -0.263. The van der Waals surface area contributed by atoms with Crippen LogP contribution in [-0.4, -0.2) is 0 Å². The smallest absolute Gasteiger partial charge is 0.123 e. The molecule has 20 heavy (non-hydrogen) atoms. The molecule has 0 aliphatic carbocycles. The molecule has 2 nitrogen and oxygen atoms in total. The molecule has 0 fully saturated rings. The lowest BCUT2D eigenvalue weighted by atomic mass is 10.1. The van der Waals surface area contributed by atoms with Gasteiger partial charge < -0.3 is 10.5 Å². The van der Waals surface area contributed by atoms with Gasteiger partial charge in [0.25, 0.3) is 0 Å². The summed E-state index contributed by atoms with van der Waals surface area (Å²) in [6.07, 6.45) is 0. The molecule has 3 rings (SSSR count). The first-order chi connectivity index (χ1) is 9.78. The molecule has 0 unspecified atom stereocenters. The van der Waals surface area contributed by atoms with Crippen LogP contribution in [0.3, 0.4) is 0 Å². The maximum absolute atomic E-state index is 12.9. The van der Waals surface area contributed by atoms with Gasteiger partial charge in [-0.3, -0.25) is 0 Å². The largest absolute Gasteiger partial charge is 0.489 e. The second-order valence-electron chi connectivity index (χ2n) is 4.45. The number of nitrogens with two attached hydrogens (primary N) is 1. The first-order valence-corrected chi connectivity index (χ1v) is 7.17. The molecule has 0 spiro atoms. The molecule has 0 aliphatic rings. The number of hydrogen-bond acceptors (Lipinski definition) is 3. The first-order valence-electron chi connectivity index (χ1n) is 6.35. The third kappa shape index (κ3) is 2.53. The van der Waals surface area contributed by atoms with Crippen LogP contribution in [0.2, 0.25) is 0 Å². The van der Waals surface area contributed by atoms with Crippen LogP contribution >= 0.6 is 11.3 Å². The Hall–Kier alpha value is -1.91. The summed E-state index contributed by atoms with van der Waals surface area (Å²) in [5, 5.41) is 1.18. The molecular weight excluding hydrogens is 273 g/mol. The predicted molar refractivity (Wildman–Crippen MR) is 80.4 cm³/mol. The van der Waals surface area contributed by atoms with Crippen LogP contribution in [0.4, 0.5) is 4.39 Å². The van der Waals surface area contributed by atoms with E-state index in [2.05, 4.69) is 12.1 Å². The van der Waals surface area contributed by atoms with E-state index in [1.807, 2.05) is 12.1 Å². The van der Waals surface area contributed by atoms with E-state index in [1.165, 1.54) is 22.2 Å². The predicted octanol–water partition coefficient (Wildman–Crippen LogP) is 4.08. The van der Waals surface area contributed by atoms with Crippen molar-refractivity contribution in [3.05, 3.63) is 64.8 Å². The lowest BCUT2D eigenvalue weighted by molar-refractivity contribution is 0.306. The van der Waals surface area contributed by atoms with Gasteiger partial charge in [0, 0.05) is 21.7 Å². The third-order valence-electron chi connectivity index (χ3n) is 3.16. The molecule has 0 radical (unpaired) electrons. The summed E-state index contributed by atoms with van der Waals surface area (Å²) in [5.41, 5.74) is 6.93. The van der Waals surface area contributed by atoms with Crippen LogP contribution in [0.15, 0.2) is 48.5 Å². The molecule has 0 amide bonds. The second-order valence-corrected chi connectivity index (χ2v) is 5.58. The van der Waals surface area contributed by atoms with E-state index >= 15 is 0 Å². The number of halogens is 1.